The molecular formula is C17H20O4. The van der Waals surface area contributed by atoms with E-state index in [9.17, 15) is 4.79 Å². The standard InChI is InChI=1S/C17H20O4/c1-19-13-8-6-12(7-9-13)17(16(21-17)10-3-11-16)15(18)20-14-4-2-5-14/h6-9,14H,2-5,10-11H2,1H3. The highest BCUT2D eigenvalue weighted by molar-refractivity contribution is 5.87. The van der Waals surface area contributed by atoms with E-state index in [0.29, 0.717) is 0 Å². The Hall–Kier alpha value is -1.55. The predicted octanol–water partition coefficient (Wildman–Crippen LogP) is 2.94. The lowest BCUT2D eigenvalue weighted by molar-refractivity contribution is -0.160. The molecule has 0 aromatic heterocycles. The van der Waals surface area contributed by atoms with Gasteiger partial charge in [0.1, 0.15) is 17.5 Å². The van der Waals surface area contributed by atoms with E-state index >= 15 is 0 Å². The molecule has 1 aromatic rings. The van der Waals surface area contributed by atoms with E-state index in [1.54, 1.807) is 7.11 Å². The minimum absolute atomic E-state index is 0.0916. The van der Waals surface area contributed by atoms with E-state index in [2.05, 4.69) is 0 Å². The zero-order valence-corrected chi connectivity index (χ0v) is 12.3. The lowest BCUT2D eigenvalue weighted by Gasteiger charge is -2.30. The van der Waals surface area contributed by atoms with Crippen molar-refractivity contribution in [1.82, 2.24) is 0 Å². The van der Waals surface area contributed by atoms with E-state index in [-0.39, 0.29) is 17.7 Å². The van der Waals surface area contributed by atoms with Crippen LogP contribution in [0.1, 0.15) is 44.1 Å². The molecule has 4 heteroatoms. The van der Waals surface area contributed by atoms with Crippen molar-refractivity contribution < 1.29 is 19.0 Å². The number of rotatable bonds is 4. The Balaban J connectivity index is 1.62. The fourth-order valence-electron chi connectivity index (χ4n) is 3.44. The third-order valence-corrected chi connectivity index (χ3v) is 5.22. The number of epoxide rings is 1. The fraction of sp³-hybridized carbons (Fsp3) is 0.588. The first-order chi connectivity index (χ1) is 10.2. The monoisotopic (exact) mass is 288 g/mol. The number of benzene rings is 1. The lowest BCUT2D eigenvalue weighted by Crippen LogP contribution is -2.40. The van der Waals surface area contributed by atoms with E-state index in [1.807, 2.05) is 24.3 Å². The summed E-state index contributed by atoms with van der Waals surface area (Å²) in [6, 6.07) is 7.60. The van der Waals surface area contributed by atoms with E-state index in [4.69, 9.17) is 14.2 Å². The third-order valence-electron chi connectivity index (χ3n) is 5.22. The molecule has 112 valence electrons. The second kappa shape index (κ2) is 4.47. The van der Waals surface area contributed by atoms with Crippen LogP contribution in [-0.2, 0) is 19.9 Å². The van der Waals surface area contributed by atoms with Crippen molar-refractivity contribution in [3.05, 3.63) is 29.8 Å². The molecule has 4 rings (SSSR count). The van der Waals surface area contributed by atoms with Crippen LogP contribution in [0.4, 0.5) is 0 Å². The van der Waals surface area contributed by atoms with Gasteiger partial charge in [0.25, 0.3) is 0 Å². The van der Waals surface area contributed by atoms with Crippen molar-refractivity contribution in [1.29, 1.82) is 0 Å². The average Bonchev–Trinajstić information content (AvgIpc) is 3.15. The number of hydrogen-bond acceptors (Lipinski definition) is 4. The molecule has 1 saturated heterocycles. The first-order valence-corrected chi connectivity index (χ1v) is 7.76. The summed E-state index contributed by atoms with van der Waals surface area (Å²) in [6.45, 7) is 0. The molecule has 3 fully saturated rings. The first-order valence-electron chi connectivity index (χ1n) is 7.76. The molecule has 0 N–H and O–H groups in total. The molecule has 1 heterocycles. The lowest BCUT2D eigenvalue weighted by atomic mass is 9.73. The van der Waals surface area contributed by atoms with Gasteiger partial charge in [-0.05, 0) is 56.2 Å². The SMILES string of the molecule is COc1ccc(C2(C(=O)OC3CCC3)OC23CCC3)cc1. The highest BCUT2D eigenvalue weighted by Crippen LogP contribution is 2.66. The van der Waals surface area contributed by atoms with Gasteiger partial charge in [-0.2, -0.15) is 0 Å². The van der Waals surface area contributed by atoms with Gasteiger partial charge in [-0.1, -0.05) is 12.1 Å². The van der Waals surface area contributed by atoms with Gasteiger partial charge in [-0.3, -0.25) is 0 Å². The van der Waals surface area contributed by atoms with Gasteiger partial charge >= 0.3 is 5.97 Å². The van der Waals surface area contributed by atoms with E-state index < -0.39 is 5.60 Å². The van der Waals surface area contributed by atoms with Crippen LogP contribution in [0.25, 0.3) is 0 Å². The van der Waals surface area contributed by atoms with E-state index in [1.165, 1.54) is 0 Å². The molecule has 1 unspecified atom stereocenters. The van der Waals surface area contributed by atoms with Gasteiger partial charge in [-0.15, -0.1) is 0 Å². The summed E-state index contributed by atoms with van der Waals surface area (Å²) in [7, 11) is 1.64. The maximum Gasteiger partial charge on any atom is 0.346 e. The van der Waals surface area contributed by atoms with Crippen LogP contribution in [-0.4, -0.2) is 24.8 Å². The van der Waals surface area contributed by atoms with Crippen LogP contribution in [0.15, 0.2) is 24.3 Å². The number of methoxy groups -OCH3 is 1. The largest absolute Gasteiger partial charge is 0.497 e. The van der Waals surface area contributed by atoms with Crippen molar-refractivity contribution in [2.75, 3.05) is 7.11 Å². The van der Waals surface area contributed by atoms with Gasteiger partial charge in [0.15, 0.2) is 0 Å². The average molecular weight is 288 g/mol. The molecule has 1 aromatic carbocycles. The van der Waals surface area contributed by atoms with Gasteiger partial charge in [0, 0.05) is 0 Å². The normalized spacial score (nSPS) is 29.4. The van der Waals surface area contributed by atoms with Crippen molar-refractivity contribution >= 4 is 5.97 Å². The van der Waals surface area contributed by atoms with Crippen LogP contribution in [0.3, 0.4) is 0 Å². The summed E-state index contributed by atoms with van der Waals surface area (Å²) in [5.41, 5.74) is -0.275. The first kappa shape index (κ1) is 13.1. The number of esters is 1. The van der Waals surface area contributed by atoms with E-state index in [0.717, 1.165) is 49.8 Å². The molecule has 0 bridgehead atoms. The highest BCUT2D eigenvalue weighted by atomic mass is 16.7. The summed E-state index contributed by atoms with van der Waals surface area (Å²) in [5.74, 6) is 0.585. The molecule has 1 aliphatic heterocycles. The van der Waals surface area contributed by atoms with Crippen LogP contribution in [0.2, 0.25) is 0 Å². The molecule has 1 spiro atoms. The molecule has 1 atom stereocenters. The summed E-state index contributed by atoms with van der Waals surface area (Å²) in [6.07, 6.45) is 6.22. The van der Waals surface area contributed by atoms with Crippen molar-refractivity contribution in [2.45, 2.75) is 55.8 Å². The Kier molecular flexibility index (Phi) is 2.80. The van der Waals surface area contributed by atoms with Crippen LogP contribution in [0.5, 0.6) is 5.75 Å². The molecule has 4 nitrogen and oxygen atoms in total. The number of carbonyl (C=O) groups is 1. The summed E-state index contributed by atoms with van der Waals surface area (Å²) < 4.78 is 16.9. The Morgan fingerprint density at radius 2 is 1.90 bits per heavy atom. The second-order valence-corrected chi connectivity index (χ2v) is 6.32. The zero-order valence-electron chi connectivity index (χ0n) is 12.3. The third kappa shape index (κ3) is 1.75. The maximum absolute atomic E-state index is 12.7. The van der Waals surface area contributed by atoms with Gasteiger partial charge in [-0.25, -0.2) is 4.79 Å². The van der Waals surface area contributed by atoms with Gasteiger partial charge in [0.05, 0.1) is 7.11 Å². The van der Waals surface area contributed by atoms with Crippen molar-refractivity contribution in [3.8, 4) is 5.75 Å². The zero-order chi connectivity index (χ0) is 14.5. The molecule has 3 aliphatic rings. The van der Waals surface area contributed by atoms with Crippen molar-refractivity contribution in [3.63, 3.8) is 0 Å². The van der Waals surface area contributed by atoms with Gasteiger partial charge < -0.3 is 14.2 Å². The Morgan fingerprint density at radius 1 is 1.19 bits per heavy atom. The van der Waals surface area contributed by atoms with Crippen LogP contribution < -0.4 is 4.74 Å². The molecule has 21 heavy (non-hydrogen) atoms. The molecule has 2 saturated carbocycles. The molecule has 0 radical (unpaired) electrons. The predicted molar refractivity (Wildman–Crippen MR) is 76.1 cm³/mol. The Bertz CT molecular complexity index is 557. The minimum Gasteiger partial charge on any atom is -0.497 e. The molecular weight excluding hydrogens is 268 g/mol. The molecule has 2 aliphatic carbocycles. The second-order valence-electron chi connectivity index (χ2n) is 6.32. The quantitative estimate of drug-likeness (QED) is 0.631. The van der Waals surface area contributed by atoms with Crippen molar-refractivity contribution in [2.24, 2.45) is 0 Å². The smallest absolute Gasteiger partial charge is 0.346 e. The Labute approximate surface area is 124 Å². The Morgan fingerprint density at radius 3 is 2.33 bits per heavy atom. The maximum atomic E-state index is 12.7. The summed E-state index contributed by atoms with van der Waals surface area (Å²) >= 11 is 0. The molecule has 0 amide bonds. The van der Waals surface area contributed by atoms with Crippen LogP contribution >= 0.6 is 0 Å². The summed E-state index contributed by atoms with van der Waals surface area (Å²) in [5, 5.41) is 0. The minimum atomic E-state index is -0.868. The number of ether oxygens (including phenoxy) is 3. The van der Waals surface area contributed by atoms with Crippen LogP contribution in [0, 0.1) is 0 Å². The summed E-state index contributed by atoms with van der Waals surface area (Å²) in [4.78, 5) is 12.7. The topological polar surface area (TPSA) is 48.1 Å². The number of carbonyl (C=O) groups excluding carboxylic acids is 1. The van der Waals surface area contributed by atoms with Gasteiger partial charge in [0.2, 0.25) is 5.60 Å². The fourth-order valence-corrected chi connectivity index (χ4v) is 3.44. The highest BCUT2D eigenvalue weighted by Gasteiger charge is 2.78. The number of hydrogen-bond donors (Lipinski definition) is 0.